The van der Waals surface area contributed by atoms with Crippen molar-refractivity contribution in [3.8, 4) is 0 Å². The fraction of sp³-hybridized carbons (Fsp3) is 0.500. The van der Waals surface area contributed by atoms with Crippen molar-refractivity contribution < 1.29 is 5.11 Å². The van der Waals surface area contributed by atoms with Crippen molar-refractivity contribution in [2.24, 2.45) is 5.92 Å². The van der Waals surface area contributed by atoms with E-state index in [0.717, 1.165) is 6.42 Å². The molecule has 1 nitrogen and oxygen atoms in total. The molecule has 2 heteroatoms. The highest BCUT2D eigenvalue weighted by molar-refractivity contribution is 14.1. The summed E-state index contributed by atoms with van der Waals surface area (Å²) in [7, 11) is 0. The largest absolute Gasteiger partial charge is 0.388 e. The first-order chi connectivity index (χ1) is 4.76. The van der Waals surface area contributed by atoms with E-state index < -0.39 is 0 Å². The Morgan fingerprint density at radius 1 is 1.70 bits per heavy atom. The summed E-state index contributed by atoms with van der Waals surface area (Å²) < 4.78 is 1.83. The molecule has 1 N–H and O–H groups in total. The maximum absolute atomic E-state index is 9.35. The summed E-state index contributed by atoms with van der Waals surface area (Å²) in [6.07, 6.45) is 4.14. The lowest BCUT2D eigenvalue weighted by Gasteiger charge is -2.12. The smallest absolute Gasteiger partial charge is 0.0790 e. The minimum absolute atomic E-state index is 0.200. The highest BCUT2D eigenvalue weighted by Crippen LogP contribution is 2.11. The van der Waals surface area contributed by atoms with Gasteiger partial charge in [0, 0.05) is 5.92 Å². The van der Waals surface area contributed by atoms with Gasteiger partial charge in [0.2, 0.25) is 0 Å². The molecule has 0 bridgehead atoms. The first-order valence-corrected chi connectivity index (χ1v) is 4.58. The minimum atomic E-state index is -0.362. The van der Waals surface area contributed by atoms with Crippen molar-refractivity contribution in [1.82, 2.24) is 0 Å². The molecule has 10 heavy (non-hydrogen) atoms. The lowest BCUT2D eigenvalue weighted by Crippen LogP contribution is -2.14. The van der Waals surface area contributed by atoms with E-state index in [0.29, 0.717) is 0 Å². The van der Waals surface area contributed by atoms with Crippen LogP contribution in [0.3, 0.4) is 0 Å². The number of hydrogen-bond acceptors (Lipinski definition) is 1. The van der Waals surface area contributed by atoms with E-state index in [2.05, 4.69) is 29.2 Å². The fourth-order valence-electron chi connectivity index (χ4n) is 0.765. The summed E-state index contributed by atoms with van der Waals surface area (Å²) in [6, 6.07) is 0. The average Bonchev–Trinajstić information content (AvgIpc) is 1.91. The molecule has 0 heterocycles. The van der Waals surface area contributed by atoms with Gasteiger partial charge in [0.15, 0.2) is 0 Å². The van der Waals surface area contributed by atoms with Gasteiger partial charge in [-0.1, -0.05) is 35.6 Å². The molecule has 2 atom stereocenters. The zero-order valence-electron chi connectivity index (χ0n) is 6.13. The molecule has 0 unspecified atom stereocenters. The molecule has 0 amide bonds. The van der Waals surface area contributed by atoms with Crippen molar-refractivity contribution in [3.05, 3.63) is 22.8 Å². The van der Waals surface area contributed by atoms with Crippen LogP contribution in [-0.4, -0.2) is 11.2 Å². The maximum atomic E-state index is 9.35. The zero-order valence-corrected chi connectivity index (χ0v) is 8.28. The van der Waals surface area contributed by atoms with E-state index in [1.165, 1.54) is 0 Å². The highest BCUT2D eigenvalue weighted by Gasteiger charge is 2.08. The van der Waals surface area contributed by atoms with E-state index in [9.17, 15) is 5.11 Å². The molecule has 0 fully saturated rings. The third-order valence-corrected chi connectivity index (χ3v) is 1.90. The van der Waals surface area contributed by atoms with Crippen molar-refractivity contribution in [1.29, 1.82) is 0 Å². The van der Waals surface area contributed by atoms with Gasteiger partial charge in [-0.2, -0.15) is 0 Å². The van der Waals surface area contributed by atoms with Gasteiger partial charge in [0.05, 0.1) is 6.10 Å². The third kappa shape index (κ3) is 3.37. The van der Waals surface area contributed by atoms with Crippen LogP contribution in [0.25, 0.3) is 0 Å². The molecule has 0 aliphatic heterocycles. The van der Waals surface area contributed by atoms with Crippen LogP contribution in [0.4, 0.5) is 0 Å². The van der Waals surface area contributed by atoms with E-state index in [1.807, 2.05) is 11.0 Å². The molecule has 0 spiro atoms. The number of halogens is 1. The van der Waals surface area contributed by atoms with Crippen LogP contribution in [0, 0.1) is 5.92 Å². The van der Waals surface area contributed by atoms with Crippen molar-refractivity contribution >= 4 is 22.6 Å². The Labute approximate surface area is 76.0 Å². The van der Waals surface area contributed by atoms with Gasteiger partial charge in [0.25, 0.3) is 0 Å². The van der Waals surface area contributed by atoms with Crippen LogP contribution in [0.15, 0.2) is 22.8 Å². The van der Waals surface area contributed by atoms with E-state index in [1.54, 1.807) is 12.2 Å². The van der Waals surface area contributed by atoms with E-state index in [-0.39, 0.29) is 12.0 Å². The SMILES string of the molecule is C=C[C@H](CC)[C@@H](O)/C=C/I. The fourth-order valence-corrected chi connectivity index (χ4v) is 1.19. The molecule has 0 aromatic rings. The number of rotatable bonds is 4. The van der Waals surface area contributed by atoms with Crippen LogP contribution in [0.5, 0.6) is 0 Å². The second-order valence-electron chi connectivity index (χ2n) is 2.12. The Bertz CT molecular complexity index is 120. The number of hydrogen-bond donors (Lipinski definition) is 1. The molecule has 58 valence electrons. The Kier molecular flexibility index (Phi) is 6.02. The van der Waals surface area contributed by atoms with Crippen molar-refractivity contribution in [3.63, 3.8) is 0 Å². The molecule has 0 aromatic heterocycles. The standard InChI is InChI=1S/C8H13IO/c1-3-7(4-2)8(10)5-6-9/h3,5-8,10H,1,4H2,2H3/b6-5+/t7-,8+/m1/s1. The van der Waals surface area contributed by atoms with Gasteiger partial charge in [-0.25, -0.2) is 0 Å². The topological polar surface area (TPSA) is 20.2 Å². The normalized spacial score (nSPS) is 17.1. The third-order valence-electron chi connectivity index (χ3n) is 1.48. The lowest BCUT2D eigenvalue weighted by atomic mass is 10.0. The van der Waals surface area contributed by atoms with E-state index >= 15 is 0 Å². The molecule has 0 aliphatic rings. The molecule has 0 saturated carbocycles. The molecule has 0 rings (SSSR count). The van der Waals surface area contributed by atoms with Crippen LogP contribution in [0.2, 0.25) is 0 Å². The van der Waals surface area contributed by atoms with Crippen LogP contribution in [-0.2, 0) is 0 Å². The summed E-state index contributed by atoms with van der Waals surface area (Å²) in [5, 5.41) is 9.35. The van der Waals surface area contributed by atoms with Gasteiger partial charge in [-0.15, -0.1) is 6.58 Å². The Hall–Kier alpha value is 0.170. The Morgan fingerprint density at radius 3 is 2.60 bits per heavy atom. The van der Waals surface area contributed by atoms with Gasteiger partial charge >= 0.3 is 0 Å². The summed E-state index contributed by atoms with van der Waals surface area (Å²) in [6.45, 7) is 5.68. The summed E-state index contributed by atoms with van der Waals surface area (Å²) in [5.41, 5.74) is 0. The molecule has 0 aromatic carbocycles. The first-order valence-electron chi connectivity index (χ1n) is 3.33. The second-order valence-corrected chi connectivity index (χ2v) is 2.84. The predicted molar refractivity (Wildman–Crippen MR) is 53.1 cm³/mol. The van der Waals surface area contributed by atoms with Crippen LogP contribution >= 0.6 is 22.6 Å². The summed E-state index contributed by atoms with van der Waals surface area (Å²) >= 11 is 2.09. The molecular formula is C8H13IO. The average molecular weight is 252 g/mol. The predicted octanol–water partition coefficient (Wildman–Crippen LogP) is 2.51. The highest BCUT2D eigenvalue weighted by atomic mass is 127. The van der Waals surface area contributed by atoms with Crippen molar-refractivity contribution in [2.75, 3.05) is 0 Å². The molecule has 0 radical (unpaired) electrons. The van der Waals surface area contributed by atoms with Gasteiger partial charge in [-0.3, -0.25) is 0 Å². The van der Waals surface area contributed by atoms with Gasteiger partial charge in [-0.05, 0) is 16.6 Å². The molecule has 0 saturated heterocycles. The van der Waals surface area contributed by atoms with Crippen LogP contribution in [0.1, 0.15) is 13.3 Å². The maximum Gasteiger partial charge on any atom is 0.0790 e. The number of aliphatic hydroxyl groups excluding tert-OH is 1. The zero-order chi connectivity index (χ0) is 7.98. The summed E-state index contributed by atoms with van der Waals surface area (Å²) in [4.78, 5) is 0. The molecule has 0 aliphatic carbocycles. The minimum Gasteiger partial charge on any atom is -0.388 e. The van der Waals surface area contributed by atoms with Gasteiger partial charge < -0.3 is 5.11 Å². The monoisotopic (exact) mass is 252 g/mol. The second kappa shape index (κ2) is 5.92. The van der Waals surface area contributed by atoms with Gasteiger partial charge in [0.1, 0.15) is 0 Å². The Balaban J connectivity index is 3.87. The van der Waals surface area contributed by atoms with E-state index in [4.69, 9.17) is 0 Å². The van der Waals surface area contributed by atoms with Crippen molar-refractivity contribution in [2.45, 2.75) is 19.4 Å². The quantitative estimate of drug-likeness (QED) is 0.602. The summed E-state index contributed by atoms with van der Waals surface area (Å²) in [5.74, 6) is 0.200. The van der Waals surface area contributed by atoms with Crippen LogP contribution < -0.4 is 0 Å². The number of aliphatic hydroxyl groups is 1. The Morgan fingerprint density at radius 2 is 2.30 bits per heavy atom. The molecular weight excluding hydrogens is 239 g/mol. The lowest BCUT2D eigenvalue weighted by molar-refractivity contribution is 0.175. The first kappa shape index (κ1) is 10.2.